The Hall–Kier alpha value is -2.18. The normalized spacial score (nSPS) is 19.3. The average Bonchev–Trinajstić information content (AvgIpc) is 2.60. The van der Waals surface area contributed by atoms with E-state index in [4.69, 9.17) is 10.5 Å². The molecular formula is C19H21ClF2N2O2. The monoisotopic (exact) mass is 382 g/mol. The van der Waals surface area contributed by atoms with E-state index in [1.54, 1.807) is 24.3 Å². The fourth-order valence-corrected chi connectivity index (χ4v) is 2.89. The van der Waals surface area contributed by atoms with Gasteiger partial charge >= 0.3 is 0 Å². The summed E-state index contributed by atoms with van der Waals surface area (Å²) in [6, 6.07) is 9.86. The molecule has 140 valence electrons. The van der Waals surface area contributed by atoms with Crippen molar-refractivity contribution >= 4 is 18.3 Å². The van der Waals surface area contributed by atoms with Crippen molar-refractivity contribution in [1.82, 2.24) is 5.32 Å². The highest BCUT2D eigenvalue weighted by atomic mass is 35.5. The van der Waals surface area contributed by atoms with Gasteiger partial charge in [0, 0.05) is 23.7 Å². The molecule has 26 heavy (non-hydrogen) atoms. The quantitative estimate of drug-likeness (QED) is 0.833. The lowest BCUT2D eigenvalue weighted by Crippen LogP contribution is -2.40. The first-order chi connectivity index (χ1) is 12.0. The van der Waals surface area contributed by atoms with Gasteiger partial charge in [0.25, 0.3) is 5.91 Å². The Morgan fingerprint density at radius 3 is 2.31 bits per heavy atom. The van der Waals surface area contributed by atoms with E-state index in [1.807, 2.05) is 0 Å². The summed E-state index contributed by atoms with van der Waals surface area (Å²) in [7, 11) is 0. The van der Waals surface area contributed by atoms with Crippen molar-refractivity contribution in [3.8, 4) is 11.5 Å². The lowest BCUT2D eigenvalue weighted by atomic mass is 9.91. The molecule has 2 aromatic rings. The number of hydrogen-bond acceptors (Lipinski definition) is 3. The van der Waals surface area contributed by atoms with Crippen LogP contribution in [0.3, 0.4) is 0 Å². The van der Waals surface area contributed by atoms with Crippen molar-refractivity contribution in [1.29, 1.82) is 0 Å². The predicted molar refractivity (Wildman–Crippen MR) is 97.8 cm³/mol. The van der Waals surface area contributed by atoms with E-state index in [0.29, 0.717) is 11.3 Å². The van der Waals surface area contributed by atoms with Crippen LogP contribution >= 0.6 is 12.4 Å². The molecule has 0 aromatic heterocycles. The molecule has 0 radical (unpaired) electrons. The van der Waals surface area contributed by atoms with E-state index in [0.717, 1.165) is 37.8 Å². The smallest absolute Gasteiger partial charge is 0.251 e. The van der Waals surface area contributed by atoms with Crippen LogP contribution in [-0.4, -0.2) is 18.0 Å². The minimum Gasteiger partial charge on any atom is -0.454 e. The third-order valence-corrected chi connectivity index (χ3v) is 4.35. The molecule has 2 aromatic carbocycles. The Kier molecular flexibility index (Phi) is 6.94. The molecular weight excluding hydrogens is 362 g/mol. The molecule has 0 heterocycles. The van der Waals surface area contributed by atoms with E-state index >= 15 is 0 Å². The van der Waals surface area contributed by atoms with Crippen LogP contribution in [0.2, 0.25) is 0 Å². The van der Waals surface area contributed by atoms with Gasteiger partial charge in [0.1, 0.15) is 11.6 Å². The Morgan fingerprint density at radius 2 is 1.69 bits per heavy atom. The third kappa shape index (κ3) is 5.16. The number of nitrogens with two attached hydrogens (primary N) is 1. The van der Waals surface area contributed by atoms with Crippen LogP contribution in [0.5, 0.6) is 11.5 Å². The number of nitrogens with one attached hydrogen (secondary N) is 1. The Morgan fingerprint density at radius 1 is 1.04 bits per heavy atom. The molecule has 1 aliphatic rings. The average molecular weight is 383 g/mol. The van der Waals surface area contributed by atoms with Crippen LogP contribution in [0.4, 0.5) is 8.78 Å². The van der Waals surface area contributed by atoms with Gasteiger partial charge in [0.05, 0.1) is 0 Å². The maximum Gasteiger partial charge on any atom is 0.251 e. The second-order valence-electron chi connectivity index (χ2n) is 6.29. The van der Waals surface area contributed by atoms with Crippen LogP contribution in [-0.2, 0) is 0 Å². The minimum atomic E-state index is -0.780. The van der Waals surface area contributed by atoms with Gasteiger partial charge in [-0.05, 0) is 62.1 Å². The second-order valence-corrected chi connectivity index (χ2v) is 6.29. The van der Waals surface area contributed by atoms with E-state index < -0.39 is 11.6 Å². The molecule has 0 spiro atoms. The van der Waals surface area contributed by atoms with Gasteiger partial charge in [-0.15, -0.1) is 12.4 Å². The molecule has 0 unspecified atom stereocenters. The fourth-order valence-electron chi connectivity index (χ4n) is 2.89. The van der Waals surface area contributed by atoms with E-state index in [2.05, 4.69) is 5.32 Å². The predicted octanol–water partition coefficient (Wildman–Crippen LogP) is 4.18. The number of carbonyl (C=O) groups is 1. The molecule has 0 aliphatic heterocycles. The highest BCUT2D eigenvalue weighted by Gasteiger charge is 2.20. The Labute approximate surface area is 157 Å². The van der Waals surface area contributed by atoms with Gasteiger partial charge in [-0.1, -0.05) is 0 Å². The van der Waals surface area contributed by atoms with Gasteiger partial charge in [-0.25, -0.2) is 8.78 Å². The molecule has 1 fully saturated rings. The minimum absolute atomic E-state index is 0. The number of halogens is 3. The molecule has 1 saturated carbocycles. The number of carbonyl (C=O) groups excluding carboxylic acids is 1. The van der Waals surface area contributed by atoms with Crippen molar-refractivity contribution in [2.24, 2.45) is 5.73 Å². The van der Waals surface area contributed by atoms with E-state index in [-0.39, 0.29) is 36.1 Å². The maximum absolute atomic E-state index is 13.6. The number of ether oxygens (including phenoxy) is 1. The highest BCUT2D eigenvalue weighted by molar-refractivity contribution is 5.94. The van der Waals surface area contributed by atoms with Crippen LogP contribution in [0.1, 0.15) is 36.0 Å². The summed E-state index contributed by atoms with van der Waals surface area (Å²) in [6.45, 7) is 0. The molecule has 1 aliphatic carbocycles. The molecule has 3 N–H and O–H groups in total. The van der Waals surface area contributed by atoms with Crippen molar-refractivity contribution < 1.29 is 18.3 Å². The second kappa shape index (κ2) is 8.96. The van der Waals surface area contributed by atoms with Crippen LogP contribution in [0.15, 0.2) is 42.5 Å². The summed E-state index contributed by atoms with van der Waals surface area (Å²) in [5.74, 6) is -1.30. The molecule has 4 nitrogen and oxygen atoms in total. The van der Waals surface area contributed by atoms with E-state index in [9.17, 15) is 13.6 Å². The van der Waals surface area contributed by atoms with Gasteiger partial charge in [-0.2, -0.15) is 0 Å². The van der Waals surface area contributed by atoms with Crippen molar-refractivity contribution in [3.05, 3.63) is 59.7 Å². The summed E-state index contributed by atoms with van der Waals surface area (Å²) in [5, 5.41) is 3.00. The molecule has 0 bridgehead atoms. The zero-order chi connectivity index (χ0) is 17.8. The third-order valence-electron chi connectivity index (χ3n) is 4.35. The SMILES string of the molecule is Cl.NC1CCC(NC(=O)c2ccc(Oc3ccc(F)cc3F)cc2)CC1. The molecule has 7 heteroatoms. The van der Waals surface area contributed by atoms with Gasteiger partial charge < -0.3 is 15.8 Å². The summed E-state index contributed by atoms with van der Waals surface area (Å²) in [6.07, 6.45) is 3.61. The van der Waals surface area contributed by atoms with Crippen molar-refractivity contribution in [2.75, 3.05) is 0 Å². The molecule has 3 rings (SSSR count). The molecule has 1 amide bonds. The van der Waals surface area contributed by atoms with E-state index in [1.165, 1.54) is 6.07 Å². The van der Waals surface area contributed by atoms with Crippen LogP contribution in [0.25, 0.3) is 0 Å². The summed E-state index contributed by atoms with van der Waals surface area (Å²) < 4.78 is 31.9. The van der Waals surface area contributed by atoms with Crippen LogP contribution < -0.4 is 15.8 Å². The van der Waals surface area contributed by atoms with Gasteiger partial charge in [0.15, 0.2) is 11.6 Å². The molecule has 0 atom stereocenters. The first kappa shape index (κ1) is 20.1. The summed E-state index contributed by atoms with van der Waals surface area (Å²) in [4.78, 5) is 12.3. The number of rotatable bonds is 4. The first-order valence-electron chi connectivity index (χ1n) is 8.30. The lowest BCUT2D eigenvalue weighted by Gasteiger charge is -2.26. The largest absolute Gasteiger partial charge is 0.454 e. The topological polar surface area (TPSA) is 64.3 Å². The number of amides is 1. The summed E-state index contributed by atoms with van der Waals surface area (Å²) >= 11 is 0. The zero-order valence-electron chi connectivity index (χ0n) is 14.1. The van der Waals surface area contributed by atoms with Crippen LogP contribution in [0, 0.1) is 11.6 Å². The van der Waals surface area contributed by atoms with Crippen molar-refractivity contribution in [2.45, 2.75) is 37.8 Å². The number of benzene rings is 2. The Balaban J connectivity index is 0.00000243. The lowest BCUT2D eigenvalue weighted by molar-refractivity contribution is 0.0926. The van der Waals surface area contributed by atoms with Gasteiger partial charge in [-0.3, -0.25) is 4.79 Å². The van der Waals surface area contributed by atoms with Gasteiger partial charge in [0.2, 0.25) is 0 Å². The standard InChI is InChI=1S/C19H20F2N2O2.ClH/c20-13-3-10-18(17(21)11-13)25-16-8-1-12(2-9-16)19(24)23-15-6-4-14(22)5-7-15;/h1-3,8-11,14-15H,4-7,22H2,(H,23,24);1H. The summed E-state index contributed by atoms with van der Waals surface area (Å²) in [5.41, 5.74) is 6.37. The maximum atomic E-state index is 13.6. The molecule has 0 saturated heterocycles. The first-order valence-corrected chi connectivity index (χ1v) is 8.30. The fraction of sp³-hybridized carbons (Fsp3) is 0.316. The number of hydrogen-bond donors (Lipinski definition) is 2. The van der Waals surface area contributed by atoms with Crippen molar-refractivity contribution in [3.63, 3.8) is 0 Å². The zero-order valence-corrected chi connectivity index (χ0v) is 14.9. The highest BCUT2D eigenvalue weighted by Crippen LogP contribution is 2.25. The Bertz CT molecular complexity index is 748.